The van der Waals surface area contributed by atoms with E-state index in [1.54, 1.807) is 0 Å². The Balaban J connectivity index is 1.55. The van der Waals surface area contributed by atoms with E-state index in [4.69, 9.17) is 0 Å². The Hall–Kier alpha value is -1.45. The van der Waals surface area contributed by atoms with Crippen LogP contribution < -0.4 is 10.6 Å². The summed E-state index contributed by atoms with van der Waals surface area (Å²) < 4.78 is 2.07. The average molecular weight is 290 g/mol. The molecule has 4 nitrogen and oxygen atoms in total. The molecule has 21 heavy (non-hydrogen) atoms. The lowest BCUT2D eigenvalue weighted by atomic mass is 10.0. The quantitative estimate of drug-likeness (QED) is 0.460. The van der Waals surface area contributed by atoms with E-state index in [0.717, 1.165) is 25.0 Å². The minimum Gasteiger partial charge on any atom is -0.357 e. The monoisotopic (exact) mass is 290 g/mol. The topological polar surface area (TPSA) is 41.4 Å². The van der Waals surface area contributed by atoms with Crippen LogP contribution in [0.4, 0.5) is 0 Å². The van der Waals surface area contributed by atoms with Crippen LogP contribution in [-0.4, -0.2) is 24.1 Å². The van der Waals surface area contributed by atoms with E-state index in [1.807, 2.05) is 14.1 Å². The van der Waals surface area contributed by atoms with E-state index >= 15 is 0 Å². The van der Waals surface area contributed by atoms with E-state index < -0.39 is 0 Å². The summed E-state index contributed by atoms with van der Waals surface area (Å²) >= 11 is 0. The van der Waals surface area contributed by atoms with Gasteiger partial charge in [-0.15, -0.1) is 0 Å². The van der Waals surface area contributed by atoms with Crippen LogP contribution in [0.2, 0.25) is 0 Å². The Morgan fingerprint density at radius 2 is 2.10 bits per heavy atom. The van der Waals surface area contributed by atoms with Crippen molar-refractivity contribution in [2.75, 3.05) is 13.6 Å². The first-order valence-corrected chi connectivity index (χ1v) is 8.33. The molecule has 0 radical (unpaired) electrons. The molecule has 2 N–H and O–H groups in total. The highest BCUT2D eigenvalue weighted by Gasteiger charge is 2.13. The Labute approximate surface area is 129 Å². The second-order valence-corrected chi connectivity index (χ2v) is 6.18. The van der Waals surface area contributed by atoms with E-state index in [2.05, 4.69) is 38.7 Å². The van der Waals surface area contributed by atoms with Gasteiger partial charge in [0.05, 0.1) is 0 Å². The van der Waals surface area contributed by atoms with Crippen LogP contribution in [0.15, 0.2) is 23.5 Å². The molecule has 1 aromatic heterocycles. The van der Waals surface area contributed by atoms with Crippen molar-refractivity contribution in [3.05, 3.63) is 24.0 Å². The molecule has 1 saturated carbocycles. The summed E-state index contributed by atoms with van der Waals surface area (Å²) in [5.74, 6) is 1.92. The van der Waals surface area contributed by atoms with Crippen LogP contribution in [0.5, 0.6) is 0 Å². The van der Waals surface area contributed by atoms with Crippen LogP contribution in [-0.2, 0) is 13.6 Å². The van der Waals surface area contributed by atoms with Gasteiger partial charge >= 0.3 is 0 Å². The van der Waals surface area contributed by atoms with Gasteiger partial charge in [-0.2, -0.15) is 0 Å². The van der Waals surface area contributed by atoms with Crippen molar-refractivity contribution in [2.24, 2.45) is 18.0 Å². The molecule has 0 saturated heterocycles. The Bertz CT molecular complexity index is 430. The summed E-state index contributed by atoms with van der Waals surface area (Å²) in [5, 5.41) is 6.76. The van der Waals surface area contributed by atoms with Gasteiger partial charge in [0, 0.05) is 39.6 Å². The zero-order valence-electron chi connectivity index (χ0n) is 13.6. The Morgan fingerprint density at radius 3 is 2.76 bits per heavy atom. The molecule has 0 amide bonds. The number of hydrogen-bond acceptors (Lipinski definition) is 1. The van der Waals surface area contributed by atoms with Crippen molar-refractivity contribution in [3.63, 3.8) is 0 Å². The van der Waals surface area contributed by atoms with Crippen LogP contribution in [0.25, 0.3) is 0 Å². The fourth-order valence-corrected chi connectivity index (χ4v) is 3.14. The highest BCUT2D eigenvalue weighted by molar-refractivity contribution is 5.79. The average Bonchev–Trinajstić information content (AvgIpc) is 3.13. The zero-order chi connectivity index (χ0) is 14.9. The van der Waals surface area contributed by atoms with Crippen LogP contribution in [0, 0.1) is 5.92 Å². The zero-order valence-corrected chi connectivity index (χ0v) is 13.6. The molecule has 0 aromatic carbocycles. The van der Waals surface area contributed by atoms with Crippen LogP contribution >= 0.6 is 0 Å². The third kappa shape index (κ3) is 5.82. The van der Waals surface area contributed by atoms with Crippen molar-refractivity contribution in [3.8, 4) is 0 Å². The third-order valence-corrected chi connectivity index (χ3v) is 4.38. The van der Waals surface area contributed by atoms with Crippen molar-refractivity contribution in [2.45, 2.75) is 51.5 Å². The predicted molar refractivity (Wildman–Crippen MR) is 89.4 cm³/mol. The highest BCUT2D eigenvalue weighted by Crippen LogP contribution is 2.28. The SMILES string of the molecule is CN=C(NCCCCC1CCCC1)NCc1ccn(C)c1. The second kappa shape index (κ2) is 8.75. The highest BCUT2D eigenvalue weighted by atomic mass is 15.2. The Kier molecular flexibility index (Phi) is 6.64. The molecule has 1 heterocycles. The standard InChI is InChI=1S/C17H30N4/c1-18-17(20-13-16-10-12-21(2)14-16)19-11-6-5-9-15-7-3-4-8-15/h10,12,14-15H,3-9,11,13H2,1-2H3,(H2,18,19,20). The minimum atomic E-state index is 0.822. The molecule has 0 bridgehead atoms. The molecule has 118 valence electrons. The number of aliphatic imine (C=N–C) groups is 1. The fraction of sp³-hybridized carbons (Fsp3) is 0.706. The summed E-state index contributed by atoms with van der Waals surface area (Å²) in [7, 11) is 3.87. The molecule has 1 fully saturated rings. The first-order chi connectivity index (χ1) is 10.3. The molecule has 1 aromatic rings. The van der Waals surface area contributed by atoms with Crippen LogP contribution in [0.1, 0.15) is 50.5 Å². The molecule has 0 aliphatic heterocycles. The predicted octanol–water partition coefficient (Wildman–Crippen LogP) is 3.05. The van der Waals surface area contributed by atoms with E-state index in [0.29, 0.717) is 0 Å². The lowest BCUT2D eigenvalue weighted by Crippen LogP contribution is -2.37. The molecule has 0 spiro atoms. The van der Waals surface area contributed by atoms with Crippen molar-refractivity contribution in [1.29, 1.82) is 0 Å². The number of aryl methyl sites for hydroxylation is 1. The smallest absolute Gasteiger partial charge is 0.191 e. The van der Waals surface area contributed by atoms with Crippen LogP contribution in [0.3, 0.4) is 0 Å². The summed E-state index contributed by atoms with van der Waals surface area (Å²) in [5.41, 5.74) is 1.28. The number of nitrogens with zero attached hydrogens (tertiary/aromatic N) is 2. The molecule has 0 unspecified atom stereocenters. The number of unbranched alkanes of at least 4 members (excludes halogenated alkanes) is 1. The number of guanidine groups is 1. The lowest BCUT2D eigenvalue weighted by molar-refractivity contribution is 0.472. The van der Waals surface area contributed by atoms with Crippen molar-refractivity contribution >= 4 is 5.96 Å². The summed E-state index contributed by atoms with van der Waals surface area (Å²) in [6.45, 7) is 1.84. The molecule has 1 aliphatic rings. The number of hydrogen-bond donors (Lipinski definition) is 2. The van der Waals surface area contributed by atoms with E-state index in [9.17, 15) is 0 Å². The summed E-state index contributed by atoms with van der Waals surface area (Å²) in [4.78, 5) is 4.27. The molecule has 1 aliphatic carbocycles. The van der Waals surface area contributed by atoms with Gasteiger partial charge in [-0.05, 0) is 24.0 Å². The summed E-state index contributed by atoms with van der Waals surface area (Å²) in [6, 6.07) is 2.13. The van der Waals surface area contributed by atoms with Crippen molar-refractivity contribution < 1.29 is 0 Å². The molecular formula is C17H30N4. The van der Waals surface area contributed by atoms with Gasteiger partial charge in [-0.1, -0.05) is 38.5 Å². The second-order valence-electron chi connectivity index (χ2n) is 6.18. The van der Waals surface area contributed by atoms with E-state index in [1.165, 1.54) is 50.5 Å². The number of rotatable bonds is 7. The lowest BCUT2D eigenvalue weighted by Gasteiger charge is -2.12. The fourth-order valence-electron chi connectivity index (χ4n) is 3.14. The maximum atomic E-state index is 4.27. The van der Waals surface area contributed by atoms with Gasteiger partial charge < -0.3 is 15.2 Å². The molecule has 2 rings (SSSR count). The van der Waals surface area contributed by atoms with Gasteiger partial charge in [0.25, 0.3) is 0 Å². The van der Waals surface area contributed by atoms with Gasteiger partial charge in [-0.25, -0.2) is 0 Å². The molecule has 0 atom stereocenters. The van der Waals surface area contributed by atoms with Gasteiger partial charge in [-0.3, -0.25) is 4.99 Å². The molecular weight excluding hydrogens is 260 g/mol. The normalized spacial score (nSPS) is 16.4. The largest absolute Gasteiger partial charge is 0.357 e. The number of nitrogens with one attached hydrogen (secondary N) is 2. The first kappa shape index (κ1) is 15.9. The first-order valence-electron chi connectivity index (χ1n) is 8.33. The van der Waals surface area contributed by atoms with Gasteiger partial charge in [0.15, 0.2) is 5.96 Å². The number of aromatic nitrogens is 1. The van der Waals surface area contributed by atoms with Crippen molar-refractivity contribution in [1.82, 2.24) is 15.2 Å². The third-order valence-electron chi connectivity index (χ3n) is 4.38. The van der Waals surface area contributed by atoms with Gasteiger partial charge in [0.1, 0.15) is 0 Å². The van der Waals surface area contributed by atoms with E-state index in [-0.39, 0.29) is 0 Å². The van der Waals surface area contributed by atoms with Gasteiger partial charge in [0.2, 0.25) is 0 Å². The summed E-state index contributed by atoms with van der Waals surface area (Å²) in [6.07, 6.45) is 14.0. The maximum Gasteiger partial charge on any atom is 0.191 e. The molecule has 4 heteroatoms. The minimum absolute atomic E-state index is 0.822. The maximum absolute atomic E-state index is 4.27. The Morgan fingerprint density at radius 1 is 1.29 bits per heavy atom.